The van der Waals surface area contributed by atoms with E-state index in [1.165, 1.54) is 5.56 Å². The van der Waals surface area contributed by atoms with Gasteiger partial charge in [0.1, 0.15) is 0 Å². The molecule has 0 bridgehead atoms. The zero-order valence-electron chi connectivity index (χ0n) is 13.7. The molecular weight excluding hydrogens is 280 g/mol. The molecule has 0 heterocycles. The highest BCUT2D eigenvalue weighted by Gasteiger charge is 2.46. The molecule has 0 saturated heterocycles. The Morgan fingerprint density at radius 3 is 1.86 bits per heavy atom. The van der Waals surface area contributed by atoms with E-state index in [1.807, 2.05) is 39.0 Å². The first-order valence-electron chi connectivity index (χ1n) is 7.87. The molecule has 4 heteroatoms. The maximum atomic E-state index is 6.00. The van der Waals surface area contributed by atoms with Crippen molar-refractivity contribution in [1.82, 2.24) is 0 Å². The van der Waals surface area contributed by atoms with Crippen LogP contribution in [0, 0.1) is 0 Å². The summed E-state index contributed by atoms with van der Waals surface area (Å²) in [6.45, 7) is 9.97. The molecule has 0 spiro atoms. The molecule has 0 fully saturated rings. The molecule has 1 aromatic carbocycles. The third kappa shape index (κ3) is 5.40. The van der Waals surface area contributed by atoms with Gasteiger partial charge in [0.2, 0.25) is 0 Å². The Balaban J connectivity index is 2.96. The molecule has 118 valence electrons. The normalized spacial score (nSPS) is 13.7. The summed E-state index contributed by atoms with van der Waals surface area (Å²) in [5.41, 5.74) is 1.36. The Morgan fingerprint density at radius 1 is 0.905 bits per heavy atom. The highest BCUT2D eigenvalue weighted by Crippen LogP contribution is 2.31. The number of rotatable bonds is 10. The first-order chi connectivity index (χ1) is 10.2. The summed E-state index contributed by atoms with van der Waals surface area (Å²) in [5.74, 6) is 0. The molecule has 0 amide bonds. The van der Waals surface area contributed by atoms with Crippen LogP contribution in [-0.4, -0.2) is 28.6 Å². The standard InChI is InChI=1S/C17H28O3Si/c1-5-17(15-14-16-12-10-9-11-13-16)21(18-6-2,19-7-3)20-8-4/h9-15,17H,5-8H2,1-4H3. The molecule has 1 atom stereocenters. The highest BCUT2D eigenvalue weighted by molar-refractivity contribution is 6.63. The summed E-state index contributed by atoms with van der Waals surface area (Å²) in [6, 6.07) is 10.3. The lowest BCUT2D eigenvalue weighted by atomic mass is 10.2. The lowest BCUT2D eigenvalue weighted by Gasteiger charge is -2.33. The van der Waals surface area contributed by atoms with E-state index in [9.17, 15) is 0 Å². The van der Waals surface area contributed by atoms with Crippen molar-refractivity contribution in [3.8, 4) is 0 Å². The van der Waals surface area contributed by atoms with Gasteiger partial charge in [-0.1, -0.05) is 49.4 Å². The Hall–Kier alpha value is -0.943. The van der Waals surface area contributed by atoms with E-state index in [-0.39, 0.29) is 5.54 Å². The molecule has 3 nitrogen and oxygen atoms in total. The van der Waals surface area contributed by atoms with Gasteiger partial charge in [-0.05, 0) is 32.8 Å². The van der Waals surface area contributed by atoms with Gasteiger partial charge in [0, 0.05) is 25.4 Å². The second-order valence-electron chi connectivity index (χ2n) is 4.69. The van der Waals surface area contributed by atoms with Crippen LogP contribution >= 0.6 is 0 Å². The van der Waals surface area contributed by atoms with Crippen LogP contribution in [0.25, 0.3) is 6.08 Å². The summed E-state index contributed by atoms with van der Waals surface area (Å²) in [5, 5.41) is 0. The first-order valence-corrected chi connectivity index (χ1v) is 9.67. The molecule has 0 aliphatic rings. The molecule has 0 saturated carbocycles. The topological polar surface area (TPSA) is 27.7 Å². The van der Waals surface area contributed by atoms with Crippen LogP contribution in [0.2, 0.25) is 5.54 Å². The summed E-state index contributed by atoms with van der Waals surface area (Å²) in [6.07, 6.45) is 5.26. The van der Waals surface area contributed by atoms with Crippen LogP contribution in [0.1, 0.15) is 39.7 Å². The van der Waals surface area contributed by atoms with Crippen LogP contribution in [0.15, 0.2) is 36.4 Å². The van der Waals surface area contributed by atoms with Gasteiger partial charge in [0.05, 0.1) is 0 Å². The third-order valence-corrected chi connectivity index (χ3v) is 6.83. The van der Waals surface area contributed by atoms with Crippen molar-refractivity contribution in [2.45, 2.75) is 39.7 Å². The minimum atomic E-state index is -2.67. The van der Waals surface area contributed by atoms with Gasteiger partial charge in [-0.2, -0.15) is 0 Å². The Bertz CT molecular complexity index is 389. The summed E-state index contributed by atoms with van der Waals surface area (Å²) in [7, 11) is -2.67. The van der Waals surface area contributed by atoms with E-state index in [0.717, 1.165) is 6.42 Å². The quantitative estimate of drug-likeness (QED) is 0.594. The molecule has 1 rings (SSSR count). The molecular formula is C17H28O3Si. The van der Waals surface area contributed by atoms with Gasteiger partial charge in [0.25, 0.3) is 0 Å². The van der Waals surface area contributed by atoms with Gasteiger partial charge in [-0.25, -0.2) is 0 Å². The molecule has 1 unspecified atom stereocenters. The second kappa shape index (κ2) is 9.90. The number of allylic oxidation sites excluding steroid dienone is 1. The van der Waals surface area contributed by atoms with Crippen LogP contribution in [0.5, 0.6) is 0 Å². The summed E-state index contributed by atoms with van der Waals surface area (Å²) < 4.78 is 18.0. The minimum Gasteiger partial charge on any atom is -0.373 e. The van der Waals surface area contributed by atoms with Crippen molar-refractivity contribution in [3.63, 3.8) is 0 Å². The van der Waals surface area contributed by atoms with Crippen molar-refractivity contribution >= 4 is 14.9 Å². The van der Waals surface area contributed by atoms with E-state index in [4.69, 9.17) is 13.3 Å². The molecule has 0 aliphatic carbocycles. The second-order valence-corrected chi connectivity index (χ2v) is 7.50. The van der Waals surface area contributed by atoms with E-state index in [2.05, 4.69) is 31.2 Å². The fourth-order valence-electron chi connectivity index (χ4n) is 2.35. The molecule has 1 aromatic rings. The zero-order valence-corrected chi connectivity index (χ0v) is 14.7. The lowest BCUT2D eigenvalue weighted by molar-refractivity contribution is 0.0649. The van der Waals surface area contributed by atoms with E-state index < -0.39 is 8.80 Å². The van der Waals surface area contributed by atoms with Crippen molar-refractivity contribution in [1.29, 1.82) is 0 Å². The van der Waals surface area contributed by atoms with Crippen LogP contribution < -0.4 is 0 Å². The van der Waals surface area contributed by atoms with Crippen LogP contribution in [-0.2, 0) is 13.3 Å². The third-order valence-electron chi connectivity index (χ3n) is 3.25. The fraction of sp³-hybridized carbons (Fsp3) is 0.529. The van der Waals surface area contributed by atoms with Gasteiger partial charge in [-0.15, -0.1) is 0 Å². The average molecular weight is 308 g/mol. The van der Waals surface area contributed by atoms with E-state index in [1.54, 1.807) is 0 Å². The predicted molar refractivity (Wildman–Crippen MR) is 90.1 cm³/mol. The fourth-order valence-corrected chi connectivity index (χ4v) is 5.28. The SMILES string of the molecule is CCO[Si](OCC)(OCC)C(C=Cc1ccccc1)CC. The minimum absolute atomic E-state index is 0.178. The van der Waals surface area contributed by atoms with Crippen LogP contribution in [0.3, 0.4) is 0 Å². The first kappa shape index (κ1) is 18.1. The molecule has 21 heavy (non-hydrogen) atoms. The average Bonchev–Trinajstić information content (AvgIpc) is 2.49. The Kier molecular flexibility index (Phi) is 8.53. The molecule has 0 aromatic heterocycles. The van der Waals surface area contributed by atoms with Crippen molar-refractivity contribution in [2.75, 3.05) is 19.8 Å². The predicted octanol–water partition coefficient (Wildman–Crippen LogP) is 4.53. The molecule has 0 N–H and O–H groups in total. The number of benzene rings is 1. The molecule has 0 aliphatic heterocycles. The van der Waals surface area contributed by atoms with E-state index in [0.29, 0.717) is 19.8 Å². The van der Waals surface area contributed by atoms with Gasteiger partial charge in [0.15, 0.2) is 0 Å². The summed E-state index contributed by atoms with van der Waals surface area (Å²) >= 11 is 0. The van der Waals surface area contributed by atoms with Crippen molar-refractivity contribution in [3.05, 3.63) is 42.0 Å². The van der Waals surface area contributed by atoms with Crippen molar-refractivity contribution < 1.29 is 13.3 Å². The number of hydrogen-bond acceptors (Lipinski definition) is 3. The monoisotopic (exact) mass is 308 g/mol. The van der Waals surface area contributed by atoms with Gasteiger partial charge in [-0.3, -0.25) is 0 Å². The van der Waals surface area contributed by atoms with Gasteiger partial charge < -0.3 is 13.3 Å². The summed E-state index contributed by atoms with van der Waals surface area (Å²) in [4.78, 5) is 0. The smallest absolute Gasteiger partial charge is 0.373 e. The van der Waals surface area contributed by atoms with E-state index >= 15 is 0 Å². The maximum Gasteiger partial charge on any atom is 0.508 e. The Labute approximate surface area is 130 Å². The zero-order chi connectivity index (χ0) is 15.6. The number of hydrogen-bond donors (Lipinski definition) is 0. The Morgan fingerprint density at radius 2 is 1.43 bits per heavy atom. The van der Waals surface area contributed by atoms with Crippen LogP contribution in [0.4, 0.5) is 0 Å². The maximum absolute atomic E-state index is 6.00. The van der Waals surface area contributed by atoms with Gasteiger partial charge >= 0.3 is 8.80 Å². The van der Waals surface area contributed by atoms with Crippen molar-refractivity contribution in [2.24, 2.45) is 0 Å². The molecule has 0 radical (unpaired) electrons. The highest BCUT2D eigenvalue weighted by atomic mass is 28.4. The lowest BCUT2D eigenvalue weighted by Crippen LogP contribution is -2.49. The largest absolute Gasteiger partial charge is 0.508 e.